The molecule has 0 aliphatic heterocycles. The molecule has 1 aliphatic rings. The van der Waals surface area contributed by atoms with Gasteiger partial charge in [-0.15, -0.1) is 0 Å². The van der Waals surface area contributed by atoms with Gasteiger partial charge in [0.1, 0.15) is 17.4 Å². The molecule has 2 aromatic rings. The lowest BCUT2D eigenvalue weighted by molar-refractivity contribution is 0.0693. The Morgan fingerprint density at radius 2 is 1.96 bits per heavy atom. The molecule has 1 atom stereocenters. The molecular weight excluding hydrogens is 328 g/mol. The Morgan fingerprint density at radius 1 is 1.19 bits per heavy atom. The molecule has 0 saturated carbocycles. The standard InChI is InChI=1S/C22H22O4/c1-22(2)11-3-4-15-13-16(7-9-18(15)22)19(23)10-6-14-5-8-17(21(25)26)20(24)12-14/h5,7-9,12-13,19,23-24H,3-4,11H2,1-2H3,(H,25,26). The Bertz CT molecular complexity index is 915. The maximum Gasteiger partial charge on any atom is 0.339 e. The zero-order chi connectivity index (χ0) is 18.9. The van der Waals surface area contributed by atoms with Crippen molar-refractivity contribution in [1.82, 2.24) is 0 Å². The van der Waals surface area contributed by atoms with Gasteiger partial charge in [-0.3, -0.25) is 0 Å². The number of phenols is 1. The number of carboxylic acid groups (broad SMARTS) is 1. The molecule has 0 aromatic heterocycles. The van der Waals surface area contributed by atoms with Crippen LogP contribution in [0.5, 0.6) is 5.75 Å². The second-order valence-electron chi connectivity index (χ2n) is 7.36. The first-order valence-electron chi connectivity index (χ1n) is 8.67. The summed E-state index contributed by atoms with van der Waals surface area (Å²) in [5, 5.41) is 29.0. The average Bonchev–Trinajstić information content (AvgIpc) is 2.58. The second-order valence-corrected chi connectivity index (χ2v) is 7.36. The highest BCUT2D eigenvalue weighted by Gasteiger charge is 2.27. The fourth-order valence-electron chi connectivity index (χ4n) is 3.53. The number of aliphatic hydroxyl groups is 1. The SMILES string of the molecule is CC1(C)CCCc2cc(C(O)C#Cc3ccc(C(=O)O)c(O)c3)ccc21. The van der Waals surface area contributed by atoms with Gasteiger partial charge in [-0.25, -0.2) is 4.79 Å². The Labute approximate surface area is 153 Å². The van der Waals surface area contributed by atoms with E-state index in [0.717, 1.165) is 24.8 Å². The largest absolute Gasteiger partial charge is 0.507 e. The highest BCUT2D eigenvalue weighted by Crippen LogP contribution is 2.37. The van der Waals surface area contributed by atoms with Crippen LogP contribution in [-0.2, 0) is 11.8 Å². The molecule has 0 bridgehead atoms. The monoisotopic (exact) mass is 350 g/mol. The van der Waals surface area contributed by atoms with Gasteiger partial charge in [-0.05, 0) is 59.6 Å². The van der Waals surface area contributed by atoms with Crippen molar-refractivity contribution < 1.29 is 20.1 Å². The number of aliphatic hydroxyl groups excluding tert-OH is 1. The first-order valence-corrected chi connectivity index (χ1v) is 8.67. The van der Waals surface area contributed by atoms with E-state index in [-0.39, 0.29) is 16.7 Å². The molecule has 4 nitrogen and oxygen atoms in total. The Hall–Kier alpha value is -2.77. The molecule has 4 heteroatoms. The predicted molar refractivity (Wildman–Crippen MR) is 99.3 cm³/mol. The maximum absolute atomic E-state index is 10.9. The molecule has 0 amide bonds. The molecule has 0 saturated heterocycles. The van der Waals surface area contributed by atoms with Gasteiger partial charge >= 0.3 is 5.97 Å². The molecule has 0 heterocycles. The van der Waals surface area contributed by atoms with E-state index in [0.29, 0.717) is 5.56 Å². The van der Waals surface area contributed by atoms with Crippen molar-refractivity contribution >= 4 is 5.97 Å². The molecule has 26 heavy (non-hydrogen) atoms. The van der Waals surface area contributed by atoms with Gasteiger partial charge in [0.15, 0.2) is 0 Å². The number of benzene rings is 2. The summed E-state index contributed by atoms with van der Waals surface area (Å²) in [4.78, 5) is 10.9. The molecule has 134 valence electrons. The highest BCUT2D eigenvalue weighted by atomic mass is 16.4. The molecule has 3 rings (SSSR count). The minimum atomic E-state index is -1.20. The number of carboxylic acids is 1. The summed E-state index contributed by atoms with van der Waals surface area (Å²) in [5.74, 6) is 4.03. The summed E-state index contributed by atoms with van der Waals surface area (Å²) in [6.45, 7) is 4.49. The first kappa shape index (κ1) is 18.0. The normalized spacial score (nSPS) is 16.1. The minimum absolute atomic E-state index is 0.159. The first-order chi connectivity index (χ1) is 12.3. The molecular formula is C22H22O4. The van der Waals surface area contributed by atoms with Gasteiger partial charge in [-0.1, -0.05) is 43.9 Å². The van der Waals surface area contributed by atoms with Gasteiger partial charge in [0.2, 0.25) is 0 Å². The zero-order valence-corrected chi connectivity index (χ0v) is 14.9. The number of fused-ring (bicyclic) bond motifs is 1. The summed E-state index contributed by atoms with van der Waals surface area (Å²) in [6, 6.07) is 10.1. The van der Waals surface area contributed by atoms with Crippen LogP contribution in [0.4, 0.5) is 0 Å². The second kappa shape index (κ2) is 6.86. The van der Waals surface area contributed by atoms with Crippen LogP contribution in [0.15, 0.2) is 36.4 Å². The van der Waals surface area contributed by atoms with Crippen molar-refractivity contribution in [2.75, 3.05) is 0 Å². The van der Waals surface area contributed by atoms with Gasteiger partial charge in [-0.2, -0.15) is 0 Å². The average molecular weight is 350 g/mol. The van der Waals surface area contributed by atoms with Crippen LogP contribution in [0.3, 0.4) is 0 Å². The van der Waals surface area contributed by atoms with E-state index >= 15 is 0 Å². The van der Waals surface area contributed by atoms with E-state index in [1.807, 2.05) is 12.1 Å². The van der Waals surface area contributed by atoms with Crippen LogP contribution in [0.2, 0.25) is 0 Å². The molecule has 1 unspecified atom stereocenters. The fourth-order valence-corrected chi connectivity index (χ4v) is 3.53. The van der Waals surface area contributed by atoms with Crippen LogP contribution in [0.25, 0.3) is 0 Å². The van der Waals surface area contributed by atoms with Crippen LogP contribution in [0.1, 0.15) is 65.4 Å². The molecule has 2 aromatic carbocycles. The summed E-state index contributed by atoms with van der Waals surface area (Å²) >= 11 is 0. The Kier molecular flexibility index (Phi) is 4.76. The number of rotatable bonds is 2. The van der Waals surface area contributed by atoms with Gasteiger partial charge in [0, 0.05) is 5.56 Å². The molecule has 0 spiro atoms. The number of aromatic carboxylic acids is 1. The quantitative estimate of drug-likeness (QED) is 0.720. The van der Waals surface area contributed by atoms with Crippen molar-refractivity contribution in [2.24, 2.45) is 0 Å². The lowest BCUT2D eigenvalue weighted by Crippen LogP contribution is -2.23. The third kappa shape index (κ3) is 3.58. The van der Waals surface area contributed by atoms with Gasteiger partial charge in [0.25, 0.3) is 0 Å². The third-order valence-electron chi connectivity index (χ3n) is 5.00. The summed E-state index contributed by atoms with van der Waals surface area (Å²) in [6.07, 6.45) is 2.38. The van der Waals surface area contributed by atoms with E-state index in [1.54, 1.807) is 0 Å². The van der Waals surface area contributed by atoms with Gasteiger partial charge in [0.05, 0.1) is 0 Å². The van der Waals surface area contributed by atoms with Crippen LogP contribution < -0.4 is 0 Å². The topological polar surface area (TPSA) is 77.8 Å². The Morgan fingerprint density at radius 3 is 2.65 bits per heavy atom. The molecule has 3 N–H and O–H groups in total. The summed E-state index contributed by atoms with van der Waals surface area (Å²) in [7, 11) is 0. The lowest BCUT2D eigenvalue weighted by Gasteiger charge is -2.33. The summed E-state index contributed by atoms with van der Waals surface area (Å²) < 4.78 is 0. The predicted octanol–water partition coefficient (Wildman–Crippen LogP) is 3.79. The van der Waals surface area contributed by atoms with E-state index in [4.69, 9.17) is 5.11 Å². The van der Waals surface area contributed by atoms with Crippen LogP contribution in [-0.4, -0.2) is 21.3 Å². The molecule has 1 aliphatic carbocycles. The zero-order valence-electron chi connectivity index (χ0n) is 14.9. The highest BCUT2D eigenvalue weighted by molar-refractivity contribution is 5.90. The summed E-state index contributed by atoms with van der Waals surface area (Å²) in [5.41, 5.74) is 3.79. The minimum Gasteiger partial charge on any atom is -0.507 e. The van der Waals surface area contributed by atoms with Gasteiger partial charge < -0.3 is 15.3 Å². The van der Waals surface area contributed by atoms with E-state index in [9.17, 15) is 15.0 Å². The number of hydrogen-bond donors (Lipinski definition) is 3. The smallest absolute Gasteiger partial charge is 0.339 e. The van der Waals surface area contributed by atoms with E-state index < -0.39 is 12.1 Å². The van der Waals surface area contributed by atoms with Crippen LogP contribution >= 0.6 is 0 Å². The number of carbonyl (C=O) groups is 1. The number of hydrogen-bond acceptors (Lipinski definition) is 3. The maximum atomic E-state index is 10.9. The van der Waals surface area contributed by atoms with Crippen molar-refractivity contribution in [2.45, 2.75) is 44.6 Å². The van der Waals surface area contributed by atoms with Crippen molar-refractivity contribution in [3.63, 3.8) is 0 Å². The van der Waals surface area contributed by atoms with Crippen molar-refractivity contribution in [1.29, 1.82) is 0 Å². The number of aromatic hydroxyl groups is 1. The Balaban J connectivity index is 1.84. The molecule has 0 radical (unpaired) electrons. The van der Waals surface area contributed by atoms with Crippen molar-refractivity contribution in [3.8, 4) is 17.6 Å². The number of aryl methyl sites for hydroxylation is 1. The lowest BCUT2D eigenvalue weighted by atomic mass is 9.72. The van der Waals surface area contributed by atoms with Crippen LogP contribution in [0, 0.1) is 11.8 Å². The third-order valence-corrected chi connectivity index (χ3v) is 5.00. The van der Waals surface area contributed by atoms with E-state index in [1.165, 1.54) is 29.3 Å². The van der Waals surface area contributed by atoms with Crippen molar-refractivity contribution in [3.05, 3.63) is 64.2 Å². The van der Waals surface area contributed by atoms with E-state index in [2.05, 4.69) is 31.8 Å². The fraction of sp³-hybridized carbons (Fsp3) is 0.318. The molecule has 0 fully saturated rings.